The standard InChI is InChI=1S/C9H18O2.2C7H14.C6H12O/c1-7(2)6-8(10)11-9(3,4)5;1-6(2)5-7-3-4-7;1-6(2)7-4-3-5-7;1-5(2)4-6(3)7/h7H,6H2,1-5H3;2*6-7H,3-5H2,1-2H3;5H,4H2,1-3H3. The van der Waals surface area contributed by atoms with Gasteiger partial charge >= 0.3 is 5.97 Å². The second-order valence-electron chi connectivity index (χ2n) is 12.5. The number of carbonyl (C=O) groups excluding carboxylic acids is 2. The Balaban J connectivity index is 0. The number of carbonyl (C=O) groups is 2. The van der Waals surface area contributed by atoms with E-state index in [-0.39, 0.29) is 17.4 Å². The number of hydrogen-bond acceptors (Lipinski definition) is 3. The lowest BCUT2D eigenvalue weighted by atomic mass is 9.78. The minimum atomic E-state index is -0.341. The average molecular weight is 455 g/mol. The first kappa shape index (κ1) is 33.3. The van der Waals surface area contributed by atoms with Crippen LogP contribution in [0.25, 0.3) is 0 Å². The van der Waals surface area contributed by atoms with Crippen molar-refractivity contribution in [1.82, 2.24) is 0 Å². The molecule has 0 aliphatic heterocycles. The Hall–Kier alpha value is -0.860. The summed E-state index contributed by atoms with van der Waals surface area (Å²) in [4.78, 5) is 21.3. The van der Waals surface area contributed by atoms with E-state index in [4.69, 9.17) is 4.74 Å². The van der Waals surface area contributed by atoms with Crippen LogP contribution < -0.4 is 0 Å². The third kappa shape index (κ3) is 27.2. The molecule has 0 aromatic heterocycles. The lowest BCUT2D eigenvalue weighted by molar-refractivity contribution is -0.155. The summed E-state index contributed by atoms with van der Waals surface area (Å²) in [6.07, 6.45) is 10.2. The summed E-state index contributed by atoms with van der Waals surface area (Å²) in [6, 6.07) is 0. The molecule has 2 saturated carbocycles. The fourth-order valence-corrected chi connectivity index (χ4v) is 3.42. The van der Waals surface area contributed by atoms with E-state index in [9.17, 15) is 9.59 Å². The zero-order chi connectivity index (χ0) is 25.5. The molecule has 0 aromatic rings. The van der Waals surface area contributed by atoms with Gasteiger partial charge in [-0.15, -0.1) is 0 Å². The van der Waals surface area contributed by atoms with E-state index in [1.54, 1.807) is 6.92 Å². The number of Topliss-reactive ketones (excluding diaryl/α,β-unsaturated/α-hetero) is 1. The molecular formula is C29H58O3. The van der Waals surface area contributed by atoms with E-state index in [0.29, 0.717) is 18.3 Å². The summed E-state index contributed by atoms with van der Waals surface area (Å²) in [5, 5.41) is 0. The summed E-state index contributed by atoms with van der Waals surface area (Å²) in [7, 11) is 0. The molecular weight excluding hydrogens is 396 g/mol. The molecule has 0 heterocycles. The van der Waals surface area contributed by atoms with E-state index in [2.05, 4.69) is 27.7 Å². The molecule has 2 aliphatic carbocycles. The van der Waals surface area contributed by atoms with Crippen molar-refractivity contribution >= 4 is 11.8 Å². The van der Waals surface area contributed by atoms with Crippen molar-refractivity contribution in [3.05, 3.63) is 0 Å². The molecule has 0 unspecified atom stereocenters. The van der Waals surface area contributed by atoms with Crippen molar-refractivity contribution in [2.45, 2.75) is 140 Å². The van der Waals surface area contributed by atoms with Crippen LogP contribution in [0.4, 0.5) is 0 Å². The Kier molecular flexibility index (Phi) is 18.3. The fraction of sp³-hybridized carbons (Fsp3) is 0.931. The van der Waals surface area contributed by atoms with Gasteiger partial charge in [-0.3, -0.25) is 4.79 Å². The zero-order valence-electron chi connectivity index (χ0n) is 23.8. The van der Waals surface area contributed by atoms with Crippen LogP contribution in [0.5, 0.6) is 0 Å². The van der Waals surface area contributed by atoms with E-state index in [1.807, 2.05) is 48.5 Å². The van der Waals surface area contributed by atoms with Crippen LogP contribution in [0.15, 0.2) is 0 Å². The number of ether oxygens (including phenoxy) is 1. The second-order valence-corrected chi connectivity index (χ2v) is 12.5. The molecule has 0 amide bonds. The van der Waals surface area contributed by atoms with E-state index >= 15 is 0 Å². The van der Waals surface area contributed by atoms with Crippen LogP contribution in [0.1, 0.15) is 134 Å². The first-order valence-electron chi connectivity index (χ1n) is 13.2. The van der Waals surface area contributed by atoms with Crippen molar-refractivity contribution < 1.29 is 14.3 Å². The highest BCUT2D eigenvalue weighted by Crippen LogP contribution is 2.34. The van der Waals surface area contributed by atoms with Gasteiger partial charge in [0.15, 0.2) is 0 Å². The Morgan fingerprint density at radius 3 is 1.38 bits per heavy atom. The number of hydrogen-bond donors (Lipinski definition) is 0. The average Bonchev–Trinajstić information content (AvgIpc) is 3.25. The number of ketones is 1. The lowest BCUT2D eigenvalue weighted by Crippen LogP contribution is -2.24. The van der Waals surface area contributed by atoms with Crippen LogP contribution in [-0.4, -0.2) is 17.4 Å². The van der Waals surface area contributed by atoms with Gasteiger partial charge in [0, 0.05) is 12.8 Å². The SMILES string of the molecule is CC(=O)CC(C)C.CC(C)C1CCC1.CC(C)CC(=O)OC(C)(C)C.CC(C)CC1CC1. The van der Waals surface area contributed by atoms with Gasteiger partial charge in [-0.2, -0.15) is 0 Å². The first-order chi connectivity index (χ1) is 14.5. The molecule has 0 atom stereocenters. The van der Waals surface area contributed by atoms with Gasteiger partial charge in [0.1, 0.15) is 11.4 Å². The molecule has 0 spiro atoms. The summed E-state index contributed by atoms with van der Waals surface area (Å²) in [5.41, 5.74) is -0.341. The largest absolute Gasteiger partial charge is 0.460 e. The molecule has 32 heavy (non-hydrogen) atoms. The second kappa shape index (κ2) is 17.6. The molecule has 0 N–H and O–H groups in total. The van der Waals surface area contributed by atoms with Gasteiger partial charge in [0.2, 0.25) is 0 Å². The molecule has 2 rings (SSSR count). The Bertz CT molecular complexity index is 475. The first-order valence-corrected chi connectivity index (χ1v) is 13.2. The van der Waals surface area contributed by atoms with Crippen LogP contribution in [0, 0.1) is 35.5 Å². The minimum absolute atomic E-state index is 0.104. The maximum Gasteiger partial charge on any atom is 0.306 e. The van der Waals surface area contributed by atoms with Gasteiger partial charge in [0.25, 0.3) is 0 Å². The quantitative estimate of drug-likeness (QED) is 0.361. The van der Waals surface area contributed by atoms with Crippen molar-refractivity contribution in [1.29, 1.82) is 0 Å². The highest BCUT2D eigenvalue weighted by Gasteiger charge is 2.21. The van der Waals surface area contributed by atoms with Gasteiger partial charge in [-0.25, -0.2) is 0 Å². The summed E-state index contributed by atoms with van der Waals surface area (Å²) >= 11 is 0. The molecule has 2 fully saturated rings. The topological polar surface area (TPSA) is 43.4 Å². The summed E-state index contributed by atoms with van der Waals surface area (Å²) in [6.45, 7) is 24.6. The van der Waals surface area contributed by atoms with Crippen molar-refractivity contribution in [2.24, 2.45) is 35.5 Å². The Morgan fingerprint density at radius 2 is 1.25 bits per heavy atom. The lowest BCUT2D eigenvalue weighted by Gasteiger charge is -2.28. The fourth-order valence-electron chi connectivity index (χ4n) is 3.42. The van der Waals surface area contributed by atoms with E-state index < -0.39 is 0 Å². The highest BCUT2D eigenvalue weighted by atomic mass is 16.6. The molecule has 0 aromatic carbocycles. The van der Waals surface area contributed by atoms with Crippen molar-refractivity contribution in [3.8, 4) is 0 Å². The normalized spacial score (nSPS) is 15.8. The Labute approximate surface area is 201 Å². The van der Waals surface area contributed by atoms with E-state index in [0.717, 1.165) is 30.1 Å². The van der Waals surface area contributed by atoms with Crippen LogP contribution >= 0.6 is 0 Å². The van der Waals surface area contributed by atoms with Gasteiger partial charge < -0.3 is 9.53 Å². The maximum atomic E-state index is 11.0. The van der Waals surface area contributed by atoms with Crippen molar-refractivity contribution in [2.75, 3.05) is 0 Å². The zero-order valence-corrected chi connectivity index (χ0v) is 23.8. The molecule has 2 aliphatic rings. The predicted octanol–water partition coefficient (Wildman–Crippen LogP) is 8.88. The van der Waals surface area contributed by atoms with Crippen LogP contribution in [0.2, 0.25) is 0 Å². The molecule has 3 heteroatoms. The van der Waals surface area contributed by atoms with Crippen LogP contribution in [-0.2, 0) is 14.3 Å². The third-order valence-electron chi connectivity index (χ3n) is 5.28. The molecule has 0 bridgehead atoms. The van der Waals surface area contributed by atoms with E-state index in [1.165, 1.54) is 38.5 Å². The third-order valence-corrected chi connectivity index (χ3v) is 5.28. The molecule has 3 nitrogen and oxygen atoms in total. The van der Waals surface area contributed by atoms with Gasteiger partial charge in [-0.05, 0) is 69.6 Å². The number of rotatable bonds is 7. The molecule has 0 saturated heterocycles. The van der Waals surface area contributed by atoms with Crippen LogP contribution in [0.3, 0.4) is 0 Å². The number of esters is 1. The molecule has 192 valence electrons. The molecule has 0 radical (unpaired) electrons. The summed E-state index contributed by atoms with van der Waals surface area (Å²) < 4.78 is 5.11. The summed E-state index contributed by atoms with van der Waals surface area (Å²) in [5.74, 6) is 5.19. The highest BCUT2D eigenvalue weighted by molar-refractivity contribution is 5.75. The van der Waals surface area contributed by atoms with Gasteiger partial charge in [0.05, 0.1) is 0 Å². The predicted molar refractivity (Wildman–Crippen MR) is 140 cm³/mol. The van der Waals surface area contributed by atoms with Gasteiger partial charge in [-0.1, -0.05) is 87.5 Å². The maximum absolute atomic E-state index is 11.0. The monoisotopic (exact) mass is 454 g/mol. The van der Waals surface area contributed by atoms with Crippen molar-refractivity contribution in [3.63, 3.8) is 0 Å². The smallest absolute Gasteiger partial charge is 0.306 e. The minimum Gasteiger partial charge on any atom is -0.460 e. The Morgan fingerprint density at radius 1 is 0.781 bits per heavy atom.